The van der Waals surface area contributed by atoms with Crippen LogP contribution in [-0.2, 0) is 14.4 Å². The van der Waals surface area contributed by atoms with Gasteiger partial charge in [-0.3, -0.25) is 25.0 Å². The van der Waals surface area contributed by atoms with Crippen molar-refractivity contribution in [2.45, 2.75) is 53.9 Å². The Labute approximate surface area is 325 Å². The van der Waals surface area contributed by atoms with Crippen LogP contribution in [0.2, 0.25) is 0 Å². The van der Waals surface area contributed by atoms with Crippen LogP contribution in [0.25, 0.3) is 0 Å². The van der Waals surface area contributed by atoms with E-state index in [1.807, 2.05) is 18.8 Å². The number of carboxylic acid groups (broad SMARTS) is 3. The van der Waals surface area contributed by atoms with Gasteiger partial charge in [-0.1, -0.05) is 79.8 Å². The molecule has 2 unspecified atom stereocenters. The van der Waals surface area contributed by atoms with Crippen molar-refractivity contribution in [3.05, 3.63) is 20.2 Å². The molecule has 0 heterocycles. The van der Waals surface area contributed by atoms with E-state index in [1.165, 1.54) is 4.43 Å². The third kappa shape index (κ3) is 38.1. The van der Waals surface area contributed by atoms with Crippen LogP contribution in [0.3, 0.4) is 0 Å². The van der Waals surface area contributed by atoms with E-state index in [4.69, 9.17) is 5.11 Å². The summed E-state index contributed by atoms with van der Waals surface area (Å²) in [6.07, 6.45) is 0.597. The van der Waals surface area contributed by atoms with E-state index in [9.17, 15) is 44.8 Å². The number of halogens is 2. The molecule has 202 valence electrons. The Bertz CT molecular complexity index is 585. The Morgan fingerprint density at radius 3 is 1.39 bits per heavy atom. The summed E-state index contributed by atoms with van der Waals surface area (Å²) < 4.78 is 1.22. The van der Waals surface area contributed by atoms with E-state index < -0.39 is 46.1 Å². The van der Waals surface area contributed by atoms with Crippen LogP contribution in [0.4, 0.5) is 0 Å². The van der Waals surface area contributed by atoms with Gasteiger partial charge in [0.05, 0.1) is 18.4 Å². The molecule has 1 N–H and O–H groups in total. The molecule has 0 spiro atoms. The van der Waals surface area contributed by atoms with E-state index in [0.29, 0.717) is 12.3 Å². The Morgan fingerprint density at radius 1 is 0.833 bits per heavy atom. The number of hydrogen-bond acceptors (Lipinski definition) is 9. The molecule has 0 radical (unpaired) electrons. The minimum absolute atomic E-state index is 0. The van der Waals surface area contributed by atoms with Crippen molar-refractivity contribution in [2.75, 3.05) is 22.4 Å². The molecule has 0 aliphatic rings. The van der Waals surface area contributed by atoms with Crippen LogP contribution in [0, 0.1) is 49.8 Å². The fraction of sp³-hybridized carbons (Fsp3) is 0.850. The maximum atomic E-state index is 10.6. The Morgan fingerprint density at radius 2 is 1.17 bits per heavy atom. The van der Waals surface area contributed by atoms with Crippen LogP contribution < -0.4 is 113 Å². The molecule has 16 heteroatoms. The normalized spacial score (nSPS) is 11.0. The van der Waals surface area contributed by atoms with Gasteiger partial charge in [0.25, 0.3) is 0 Å². The first-order valence-electron chi connectivity index (χ1n) is 10.4. The molecular weight excluding hydrogens is 760 g/mol. The fourth-order valence-electron chi connectivity index (χ4n) is 2.94. The zero-order valence-electron chi connectivity index (χ0n) is 22.4. The van der Waals surface area contributed by atoms with Gasteiger partial charge < -0.3 is 24.9 Å². The summed E-state index contributed by atoms with van der Waals surface area (Å²) in [7, 11) is 0. The summed E-state index contributed by atoms with van der Waals surface area (Å²) in [4.78, 5) is 52.8. The van der Waals surface area contributed by atoms with Gasteiger partial charge in [0, 0.05) is 27.6 Å². The maximum Gasteiger partial charge on any atom is 1.00 e. The average Bonchev–Trinajstić information content (AvgIpc) is 2.61. The zero-order chi connectivity index (χ0) is 28.0. The third-order valence-corrected chi connectivity index (χ3v) is 3.81. The molecule has 0 aliphatic carbocycles. The molecule has 0 aliphatic heterocycles. The number of nitrogens with zero attached hydrogens (tertiary/aromatic N) is 2. The number of hydrogen-bond donors (Lipinski definition) is 1. The Balaban J connectivity index is -0.000000102. The second kappa shape index (κ2) is 33.2. The van der Waals surface area contributed by atoms with E-state index in [0.717, 1.165) is 0 Å². The maximum absolute atomic E-state index is 10.6. The monoisotopic (exact) mass is 796 g/mol. The van der Waals surface area contributed by atoms with Gasteiger partial charge in [-0.15, -0.1) is 0 Å². The average molecular weight is 797 g/mol. The van der Waals surface area contributed by atoms with Gasteiger partial charge in [-0.25, -0.2) is 0 Å². The molecule has 0 aromatic rings. The number of alkyl halides is 2. The number of carbonyl (C=O) groups excluding carboxylic acids is 2. The molecule has 2 atom stereocenters. The second-order valence-corrected chi connectivity index (χ2v) is 9.42. The molecule has 0 saturated heterocycles. The van der Waals surface area contributed by atoms with Gasteiger partial charge in [0.1, 0.15) is 0 Å². The molecule has 0 aromatic carbocycles. The molecule has 12 nitrogen and oxygen atoms in total. The van der Waals surface area contributed by atoms with E-state index in [1.54, 1.807) is 13.8 Å². The van der Waals surface area contributed by atoms with Crippen molar-refractivity contribution in [3.63, 3.8) is 0 Å². The minimum Gasteiger partial charge on any atom is -0.549 e. The van der Waals surface area contributed by atoms with Gasteiger partial charge in [0.2, 0.25) is 13.1 Å². The predicted molar refractivity (Wildman–Crippen MR) is 140 cm³/mol. The van der Waals surface area contributed by atoms with Gasteiger partial charge in [-0.2, -0.15) is 0 Å². The number of rotatable bonds is 13. The summed E-state index contributed by atoms with van der Waals surface area (Å²) in [6, 6.07) is 0. The van der Waals surface area contributed by atoms with Crippen molar-refractivity contribution >= 4 is 63.1 Å². The zero-order valence-corrected chi connectivity index (χ0v) is 33.0. The largest absolute Gasteiger partial charge is 1.00 e. The quantitative estimate of drug-likeness (QED) is 0.0477. The number of carbonyl (C=O) groups is 3. The van der Waals surface area contributed by atoms with E-state index in [2.05, 4.69) is 52.1 Å². The third-order valence-electron chi connectivity index (χ3n) is 3.81. The molecule has 0 amide bonds. The summed E-state index contributed by atoms with van der Waals surface area (Å²) >= 11 is 4.44. The van der Waals surface area contributed by atoms with Crippen LogP contribution in [0.15, 0.2) is 0 Å². The smallest absolute Gasteiger partial charge is 0.549 e. The molecule has 0 rings (SSSR count). The minimum atomic E-state index is -1.94. The number of nitro groups is 2. The van der Waals surface area contributed by atoms with Gasteiger partial charge in [-0.05, 0) is 34.0 Å². The molecule has 36 heavy (non-hydrogen) atoms. The van der Waals surface area contributed by atoms with Crippen molar-refractivity contribution in [2.24, 2.45) is 29.6 Å². The molecule has 0 saturated carbocycles. The first-order valence-corrected chi connectivity index (χ1v) is 14.1. The van der Waals surface area contributed by atoms with Crippen LogP contribution in [0.5, 0.6) is 0 Å². The van der Waals surface area contributed by atoms with Gasteiger partial charge >= 0.3 is 109 Å². The van der Waals surface area contributed by atoms with Crippen molar-refractivity contribution in [3.8, 4) is 0 Å². The summed E-state index contributed by atoms with van der Waals surface area (Å²) in [5, 5.41) is 50.2. The Kier molecular flexibility index (Phi) is 46.7. The topological polar surface area (TPSA) is 204 Å². The van der Waals surface area contributed by atoms with Gasteiger partial charge in [0.15, 0.2) is 0 Å². The standard InChI is InChI=1S/C9H15NO6.C8H15NO4.C2H5I.CH3I.2K/c1-5(2)3-6(4-10(15)16)7(8(11)12)9(13)14;1-6(2)3-7(4-8(10)11)5-9(12)13;1-2-3;1-2;;/h5-7H,3-4H2,1-2H3,(H,11,12)(H,13,14);6-7H,3-5H2,1-2H3,(H,10,11);2H2,1H3;1H3;;/q;;;;2*+1/p-2. The molecule has 0 fully saturated rings. The summed E-state index contributed by atoms with van der Waals surface area (Å²) in [5.41, 5.74) is 0. The summed E-state index contributed by atoms with van der Waals surface area (Å²) in [6.45, 7) is 8.43. The number of aliphatic carboxylic acids is 3. The van der Waals surface area contributed by atoms with Crippen molar-refractivity contribution < 1.29 is 142 Å². The van der Waals surface area contributed by atoms with Crippen LogP contribution in [-0.4, -0.2) is 55.3 Å². The fourth-order valence-corrected chi connectivity index (χ4v) is 2.94. The SMILES string of the molecule is CC(C)CC(CC(=O)O)C[N+](=O)[O-].CC(C)CC(C[N+](=O)[O-])C(C(=O)[O-])C(=O)[O-].CCI.CI.[K+].[K+]. The second-order valence-electron chi connectivity index (χ2n) is 7.90. The van der Waals surface area contributed by atoms with Crippen molar-refractivity contribution in [1.29, 1.82) is 0 Å². The molecule has 0 bridgehead atoms. The predicted octanol–water partition coefficient (Wildman–Crippen LogP) is -4.06. The molecular formula is C20H36I2K2N2O10. The number of carboxylic acids is 3. The molecule has 0 aromatic heterocycles. The van der Waals surface area contributed by atoms with E-state index >= 15 is 0 Å². The first kappa shape index (κ1) is 50.8. The Hall–Kier alpha value is 1.94. The van der Waals surface area contributed by atoms with Crippen molar-refractivity contribution in [1.82, 2.24) is 0 Å². The van der Waals surface area contributed by atoms with E-state index in [-0.39, 0.29) is 134 Å². The van der Waals surface area contributed by atoms with Crippen LogP contribution >= 0.6 is 45.2 Å². The first-order chi connectivity index (χ1) is 15.6. The summed E-state index contributed by atoms with van der Waals surface area (Å²) in [5.74, 6) is -7.78. The van der Waals surface area contributed by atoms with Crippen LogP contribution in [0.1, 0.15) is 53.9 Å².